The number of rotatable bonds is 5. The van der Waals surface area contributed by atoms with E-state index in [1.54, 1.807) is 23.1 Å². The van der Waals surface area contributed by atoms with E-state index in [4.69, 9.17) is 10.5 Å². The number of nitrogens with two attached hydrogens (primary N) is 1. The summed E-state index contributed by atoms with van der Waals surface area (Å²) in [5, 5.41) is 2.90. The monoisotopic (exact) mass is 293 g/mol. The first-order valence-electron chi connectivity index (χ1n) is 6.20. The molecule has 1 saturated carbocycles. The number of hydrogen-bond acceptors (Lipinski definition) is 6. The lowest BCUT2D eigenvalue weighted by molar-refractivity contribution is 0.288. The highest BCUT2D eigenvalue weighted by Gasteiger charge is 2.22. The smallest absolute Gasteiger partial charge is 0.238 e. The van der Waals surface area contributed by atoms with Crippen molar-refractivity contribution in [3.05, 3.63) is 23.2 Å². The van der Waals surface area contributed by atoms with Crippen LogP contribution in [0.1, 0.15) is 18.5 Å². The number of hydrogen-bond donors (Lipinski definition) is 1. The van der Waals surface area contributed by atoms with Crippen molar-refractivity contribution in [3.8, 4) is 5.88 Å². The van der Waals surface area contributed by atoms with Crippen molar-refractivity contribution in [2.75, 3.05) is 12.3 Å². The third-order valence-electron chi connectivity index (χ3n) is 2.81. The standard InChI is InChI=1S/C13H15N3OS2/c1-8-7-18-13(15-8)19-11-5-4-10(14)12(16-11)17-6-9-2-3-9/h4-5,7,9H,2-3,6,14H2,1H3. The number of aryl methyl sites for hydroxylation is 1. The summed E-state index contributed by atoms with van der Waals surface area (Å²) in [5.41, 5.74) is 7.52. The Morgan fingerprint density at radius 1 is 1.42 bits per heavy atom. The van der Waals surface area contributed by atoms with Gasteiger partial charge >= 0.3 is 0 Å². The van der Waals surface area contributed by atoms with Crippen molar-refractivity contribution < 1.29 is 4.74 Å². The van der Waals surface area contributed by atoms with Gasteiger partial charge in [0.25, 0.3) is 0 Å². The quantitative estimate of drug-likeness (QED) is 0.916. The Morgan fingerprint density at radius 2 is 2.26 bits per heavy atom. The number of nitrogen functional groups attached to an aromatic ring is 1. The van der Waals surface area contributed by atoms with Crippen LogP contribution < -0.4 is 10.5 Å². The molecule has 0 bridgehead atoms. The van der Waals surface area contributed by atoms with E-state index < -0.39 is 0 Å². The Bertz CT molecular complexity index is 581. The van der Waals surface area contributed by atoms with Crippen LogP contribution in [0.15, 0.2) is 26.9 Å². The summed E-state index contributed by atoms with van der Waals surface area (Å²) >= 11 is 3.16. The van der Waals surface area contributed by atoms with E-state index in [-0.39, 0.29) is 0 Å². The average molecular weight is 293 g/mol. The molecule has 0 saturated heterocycles. The minimum Gasteiger partial charge on any atom is -0.476 e. The molecule has 0 aliphatic heterocycles. The average Bonchev–Trinajstić information content (AvgIpc) is 3.13. The zero-order valence-electron chi connectivity index (χ0n) is 10.6. The first kappa shape index (κ1) is 12.7. The van der Waals surface area contributed by atoms with Crippen molar-refractivity contribution in [2.24, 2.45) is 5.92 Å². The molecule has 4 nitrogen and oxygen atoms in total. The molecule has 3 rings (SSSR count). The maximum Gasteiger partial charge on any atom is 0.238 e. The van der Waals surface area contributed by atoms with Gasteiger partial charge in [0, 0.05) is 11.1 Å². The molecule has 2 heterocycles. The predicted octanol–water partition coefficient (Wildman–Crippen LogP) is 3.37. The van der Waals surface area contributed by atoms with Crippen LogP contribution in [0, 0.1) is 12.8 Å². The Labute approximate surface area is 120 Å². The van der Waals surface area contributed by atoms with E-state index in [1.165, 1.54) is 12.8 Å². The SMILES string of the molecule is Cc1csc(Sc2ccc(N)c(OCC3CC3)n2)n1. The fourth-order valence-electron chi connectivity index (χ4n) is 1.56. The minimum absolute atomic E-state index is 0.546. The summed E-state index contributed by atoms with van der Waals surface area (Å²) in [5.74, 6) is 1.24. The van der Waals surface area contributed by atoms with Gasteiger partial charge in [0.05, 0.1) is 12.3 Å². The molecule has 0 radical (unpaired) electrons. The highest BCUT2D eigenvalue weighted by Crippen LogP contribution is 2.33. The van der Waals surface area contributed by atoms with Crippen LogP contribution in [0.25, 0.3) is 0 Å². The molecule has 0 unspecified atom stereocenters. The highest BCUT2D eigenvalue weighted by atomic mass is 32.2. The van der Waals surface area contributed by atoms with Crippen LogP contribution in [0.2, 0.25) is 0 Å². The van der Waals surface area contributed by atoms with Crippen LogP contribution in [0.4, 0.5) is 5.69 Å². The minimum atomic E-state index is 0.546. The van der Waals surface area contributed by atoms with Crippen LogP contribution >= 0.6 is 23.1 Å². The van der Waals surface area contributed by atoms with E-state index in [2.05, 4.69) is 9.97 Å². The second-order valence-electron chi connectivity index (χ2n) is 4.66. The van der Waals surface area contributed by atoms with Crippen LogP contribution in [0.3, 0.4) is 0 Å². The first-order chi connectivity index (χ1) is 9.20. The molecule has 0 atom stereocenters. The molecule has 0 spiro atoms. The fraction of sp³-hybridized carbons (Fsp3) is 0.385. The van der Waals surface area contributed by atoms with E-state index in [9.17, 15) is 0 Å². The van der Waals surface area contributed by atoms with Gasteiger partial charge in [0.15, 0.2) is 4.34 Å². The summed E-state index contributed by atoms with van der Waals surface area (Å²) in [6, 6.07) is 3.75. The van der Waals surface area contributed by atoms with Gasteiger partial charge in [0.2, 0.25) is 5.88 Å². The maximum atomic E-state index is 5.88. The zero-order valence-corrected chi connectivity index (χ0v) is 12.3. The van der Waals surface area contributed by atoms with Gasteiger partial charge in [-0.1, -0.05) is 0 Å². The number of nitrogens with zero attached hydrogens (tertiary/aromatic N) is 2. The second-order valence-corrected chi connectivity index (χ2v) is 6.78. The molecule has 1 aliphatic carbocycles. The van der Waals surface area contributed by atoms with E-state index in [0.717, 1.165) is 21.7 Å². The second kappa shape index (κ2) is 5.38. The molecule has 2 aromatic rings. The largest absolute Gasteiger partial charge is 0.476 e. The summed E-state index contributed by atoms with van der Waals surface area (Å²) in [4.78, 5) is 8.87. The summed E-state index contributed by atoms with van der Waals surface area (Å²) in [6.45, 7) is 2.71. The van der Waals surface area contributed by atoms with Crippen LogP contribution in [-0.2, 0) is 0 Å². The number of pyridine rings is 1. The maximum absolute atomic E-state index is 5.88. The molecule has 100 valence electrons. The van der Waals surface area contributed by atoms with Gasteiger partial charge in [-0.05, 0) is 49.6 Å². The van der Waals surface area contributed by atoms with Gasteiger partial charge in [-0.25, -0.2) is 9.97 Å². The molecule has 1 aliphatic rings. The lowest BCUT2D eigenvalue weighted by Gasteiger charge is -2.08. The Morgan fingerprint density at radius 3 is 2.95 bits per heavy atom. The van der Waals surface area contributed by atoms with Gasteiger partial charge in [-0.3, -0.25) is 0 Å². The Balaban J connectivity index is 1.72. The van der Waals surface area contributed by atoms with E-state index >= 15 is 0 Å². The lowest BCUT2D eigenvalue weighted by atomic mass is 10.4. The highest BCUT2D eigenvalue weighted by molar-refractivity contribution is 8.01. The van der Waals surface area contributed by atoms with Gasteiger partial charge < -0.3 is 10.5 Å². The number of aromatic nitrogens is 2. The van der Waals surface area contributed by atoms with Crippen molar-refractivity contribution in [1.29, 1.82) is 0 Å². The van der Waals surface area contributed by atoms with Gasteiger partial charge in [-0.15, -0.1) is 11.3 Å². The third-order valence-corrected chi connectivity index (χ3v) is 4.80. The van der Waals surface area contributed by atoms with Crippen molar-refractivity contribution in [1.82, 2.24) is 9.97 Å². The lowest BCUT2D eigenvalue weighted by Crippen LogP contribution is -2.04. The summed E-state index contributed by atoms with van der Waals surface area (Å²) < 4.78 is 6.67. The van der Waals surface area contributed by atoms with Crippen LogP contribution in [0.5, 0.6) is 5.88 Å². The molecule has 6 heteroatoms. The molecule has 0 amide bonds. The zero-order chi connectivity index (χ0) is 13.2. The molecule has 1 fully saturated rings. The topological polar surface area (TPSA) is 61.0 Å². The number of anilines is 1. The van der Waals surface area contributed by atoms with E-state index in [0.29, 0.717) is 17.5 Å². The third kappa shape index (κ3) is 3.39. The van der Waals surface area contributed by atoms with Crippen LogP contribution in [-0.4, -0.2) is 16.6 Å². The van der Waals surface area contributed by atoms with Crippen molar-refractivity contribution >= 4 is 28.8 Å². The molecular formula is C13H15N3OS2. The van der Waals surface area contributed by atoms with Crippen molar-refractivity contribution in [3.63, 3.8) is 0 Å². The number of thiazole rings is 1. The molecule has 2 aromatic heterocycles. The summed E-state index contributed by atoms with van der Waals surface area (Å²) in [7, 11) is 0. The molecule has 0 aromatic carbocycles. The molecule has 19 heavy (non-hydrogen) atoms. The Hall–Kier alpha value is -1.27. The van der Waals surface area contributed by atoms with E-state index in [1.807, 2.05) is 24.4 Å². The van der Waals surface area contributed by atoms with Gasteiger partial charge in [0.1, 0.15) is 5.03 Å². The number of ether oxygens (including phenoxy) is 1. The molecular weight excluding hydrogens is 278 g/mol. The normalized spacial score (nSPS) is 14.6. The Kier molecular flexibility index (Phi) is 3.61. The molecule has 2 N–H and O–H groups in total. The summed E-state index contributed by atoms with van der Waals surface area (Å²) in [6.07, 6.45) is 2.51. The predicted molar refractivity (Wildman–Crippen MR) is 77.8 cm³/mol. The fourth-order valence-corrected chi connectivity index (χ4v) is 3.30. The first-order valence-corrected chi connectivity index (χ1v) is 7.89. The van der Waals surface area contributed by atoms with Crippen molar-refractivity contribution in [2.45, 2.75) is 29.1 Å². The van der Waals surface area contributed by atoms with Gasteiger partial charge in [-0.2, -0.15) is 0 Å².